The Hall–Kier alpha value is -2.17. The van der Waals surface area contributed by atoms with E-state index in [1.807, 2.05) is 39.1 Å². The summed E-state index contributed by atoms with van der Waals surface area (Å²) in [6, 6.07) is 3.88. The van der Waals surface area contributed by atoms with Gasteiger partial charge in [0, 0.05) is 48.9 Å². The normalized spacial score (nSPS) is 10.8. The molecule has 2 rings (SSSR count). The van der Waals surface area contributed by atoms with Crippen molar-refractivity contribution in [3.63, 3.8) is 0 Å². The molecular weight excluding hydrogens is 252 g/mol. The van der Waals surface area contributed by atoms with Gasteiger partial charge in [-0.2, -0.15) is 0 Å². The number of aromatic nitrogens is 3. The number of aryl methyl sites for hydroxylation is 1. The van der Waals surface area contributed by atoms with E-state index >= 15 is 0 Å². The number of imidazole rings is 1. The van der Waals surface area contributed by atoms with E-state index in [1.54, 1.807) is 12.4 Å². The second-order valence-electron chi connectivity index (χ2n) is 5.06. The maximum absolute atomic E-state index is 11.6. The first-order chi connectivity index (χ1) is 9.59. The Morgan fingerprint density at radius 3 is 2.85 bits per heavy atom. The fourth-order valence-electron chi connectivity index (χ4n) is 1.96. The number of carbonyl (C=O) groups is 1. The van der Waals surface area contributed by atoms with Crippen molar-refractivity contribution in [1.29, 1.82) is 0 Å². The van der Waals surface area contributed by atoms with Crippen LogP contribution in [-0.2, 0) is 11.3 Å². The predicted octanol–water partition coefficient (Wildman–Crippen LogP) is 2.03. The number of hydrogen-bond acceptors (Lipinski definition) is 3. The molecule has 0 aliphatic carbocycles. The molecule has 5 heteroatoms. The molecule has 0 aromatic carbocycles. The lowest BCUT2D eigenvalue weighted by Crippen LogP contribution is -2.30. The Bertz CT molecular complexity index is 575. The minimum Gasteiger partial charge on any atom is -0.354 e. The van der Waals surface area contributed by atoms with Crippen molar-refractivity contribution in [1.82, 2.24) is 19.9 Å². The molecule has 0 aliphatic heterocycles. The highest BCUT2D eigenvalue weighted by atomic mass is 16.1. The van der Waals surface area contributed by atoms with Crippen LogP contribution in [0.15, 0.2) is 30.7 Å². The molecule has 0 spiro atoms. The first kappa shape index (κ1) is 14.2. The largest absolute Gasteiger partial charge is 0.354 e. The zero-order valence-electron chi connectivity index (χ0n) is 12.1. The molecule has 2 aromatic heterocycles. The van der Waals surface area contributed by atoms with Crippen LogP contribution in [-0.4, -0.2) is 27.0 Å². The third-order valence-corrected chi connectivity index (χ3v) is 3.13. The molecular formula is C15H20N4O. The molecule has 0 saturated heterocycles. The van der Waals surface area contributed by atoms with Crippen LogP contribution < -0.4 is 5.32 Å². The van der Waals surface area contributed by atoms with E-state index in [4.69, 9.17) is 0 Å². The van der Waals surface area contributed by atoms with Crippen molar-refractivity contribution in [2.24, 2.45) is 5.92 Å². The van der Waals surface area contributed by atoms with E-state index in [1.165, 1.54) is 0 Å². The summed E-state index contributed by atoms with van der Waals surface area (Å²) >= 11 is 0. The Labute approximate surface area is 119 Å². The average Bonchev–Trinajstić information content (AvgIpc) is 2.81. The lowest BCUT2D eigenvalue weighted by Gasteiger charge is -2.12. The minimum absolute atomic E-state index is 0.0108. The van der Waals surface area contributed by atoms with Gasteiger partial charge in [0.15, 0.2) is 0 Å². The van der Waals surface area contributed by atoms with E-state index in [2.05, 4.69) is 19.9 Å². The van der Waals surface area contributed by atoms with Gasteiger partial charge in [-0.3, -0.25) is 9.78 Å². The molecule has 2 aromatic rings. The molecule has 1 N–H and O–H groups in total. The molecule has 0 radical (unpaired) electrons. The van der Waals surface area contributed by atoms with Crippen molar-refractivity contribution in [2.45, 2.75) is 27.3 Å². The van der Waals surface area contributed by atoms with Gasteiger partial charge in [-0.1, -0.05) is 13.8 Å². The van der Waals surface area contributed by atoms with E-state index in [9.17, 15) is 4.79 Å². The van der Waals surface area contributed by atoms with E-state index in [0.717, 1.165) is 17.1 Å². The van der Waals surface area contributed by atoms with Gasteiger partial charge in [0.2, 0.25) is 5.91 Å². The summed E-state index contributed by atoms with van der Waals surface area (Å²) < 4.78 is 2.09. The van der Waals surface area contributed by atoms with Gasteiger partial charge in [-0.25, -0.2) is 4.98 Å². The van der Waals surface area contributed by atoms with Crippen molar-refractivity contribution < 1.29 is 4.79 Å². The third kappa shape index (κ3) is 3.23. The van der Waals surface area contributed by atoms with E-state index < -0.39 is 0 Å². The average molecular weight is 272 g/mol. The van der Waals surface area contributed by atoms with Crippen LogP contribution in [0.1, 0.15) is 19.5 Å². The number of pyridine rings is 1. The van der Waals surface area contributed by atoms with Gasteiger partial charge in [-0.15, -0.1) is 0 Å². The number of rotatable bonds is 5. The SMILES string of the molecule is Cc1cnc(-c2cccnc2)n1CCNC(=O)C(C)C. The maximum atomic E-state index is 11.6. The predicted molar refractivity (Wildman–Crippen MR) is 78.0 cm³/mol. The summed E-state index contributed by atoms with van der Waals surface area (Å²) in [5.41, 5.74) is 2.05. The highest BCUT2D eigenvalue weighted by Gasteiger charge is 2.10. The maximum Gasteiger partial charge on any atom is 0.222 e. The molecule has 106 valence electrons. The second kappa shape index (κ2) is 6.32. The smallest absolute Gasteiger partial charge is 0.222 e. The number of nitrogens with one attached hydrogen (secondary N) is 1. The molecule has 0 bridgehead atoms. The topological polar surface area (TPSA) is 59.8 Å². The van der Waals surface area contributed by atoms with Crippen molar-refractivity contribution in [2.75, 3.05) is 6.54 Å². The summed E-state index contributed by atoms with van der Waals surface area (Å²) in [5.74, 6) is 0.969. The number of carbonyl (C=O) groups excluding carboxylic acids is 1. The molecule has 2 heterocycles. The molecule has 0 atom stereocenters. The third-order valence-electron chi connectivity index (χ3n) is 3.13. The van der Waals surface area contributed by atoms with Crippen LogP contribution in [0.25, 0.3) is 11.4 Å². The molecule has 1 amide bonds. The number of nitrogens with zero attached hydrogens (tertiary/aromatic N) is 3. The highest BCUT2D eigenvalue weighted by molar-refractivity contribution is 5.77. The van der Waals surface area contributed by atoms with E-state index in [0.29, 0.717) is 13.1 Å². The fraction of sp³-hybridized carbons (Fsp3) is 0.400. The molecule has 20 heavy (non-hydrogen) atoms. The lowest BCUT2D eigenvalue weighted by atomic mass is 10.2. The van der Waals surface area contributed by atoms with Crippen LogP contribution in [0.3, 0.4) is 0 Å². The minimum atomic E-state index is 0.0108. The van der Waals surface area contributed by atoms with Crippen molar-refractivity contribution >= 4 is 5.91 Å². The number of amides is 1. The van der Waals surface area contributed by atoms with Gasteiger partial charge < -0.3 is 9.88 Å². The van der Waals surface area contributed by atoms with Crippen LogP contribution in [0.2, 0.25) is 0 Å². The Balaban J connectivity index is 2.09. The number of hydrogen-bond donors (Lipinski definition) is 1. The van der Waals surface area contributed by atoms with Crippen LogP contribution in [0, 0.1) is 12.8 Å². The van der Waals surface area contributed by atoms with Crippen molar-refractivity contribution in [3.05, 3.63) is 36.4 Å². The molecule has 0 fully saturated rings. The van der Waals surface area contributed by atoms with Crippen LogP contribution in [0.4, 0.5) is 0 Å². The highest BCUT2D eigenvalue weighted by Crippen LogP contribution is 2.17. The fourth-order valence-corrected chi connectivity index (χ4v) is 1.96. The zero-order chi connectivity index (χ0) is 14.5. The summed E-state index contributed by atoms with van der Waals surface area (Å²) in [7, 11) is 0. The molecule has 0 saturated carbocycles. The van der Waals surface area contributed by atoms with Crippen molar-refractivity contribution in [3.8, 4) is 11.4 Å². The lowest BCUT2D eigenvalue weighted by molar-refractivity contribution is -0.124. The second-order valence-corrected chi connectivity index (χ2v) is 5.06. The van der Waals surface area contributed by atoms with Gasteiger partial charge in [0.25, 0.3) is 0 Å². The summed E-state index contributed by atoms with van der Waals surface area (Å²) in [6.07, 6.45) is 5.38. The zero-order valence-corrected chi connectivity index (χ0v) is 12.1. The van der Waals surface area contributed by atoms with Crippen LogP contribution in [0.5, 0.6) is 0 Å². The summed E-state index contributed by atoms with van der Waals surface area (Å²) in [4.78, 5) is 20.1. The summed E-state index contributed by atoms with van der Waals surface area (Å²) in [6.45, 7) is 7.09. The molecule has 0 unspecified atom stereocenters. The molecule has 0 aliphatic rings. The Morgan fingerprint density at radius 2 is 2.20 bits per heavy atom. The monoisotopic (exact) mass is 272 g/mol. The van der Waals surface area contributed by atoms with Crippen LogP contribution >= 0.6 is 0 Å². The quantitative estimate of drug-likeness (QED) is 0.906. The van der Waals surface area contributed by atoms with Gasteiger partial charge in [-0.05, 0) is 19.1 Å². The van der Waals surface area contributed by atoms with E-state index in [-0.39, 0.29) is 11.8 Å². The Morgan fingerprint density at radius 1 is 1.40 bits per heavy atom. The summed E-state index contributed by atoms with van der Waals surface area (Å²) in [5, 5.41) is 2.92. The molecule has 5 nitrogen and oxygen atoms in total. The van der Waals surface area contributed by atoms with Gasteiger partial charge in [0.1, 0.15) is 5.82 Å². The first-order valence-electron chi connectivity index (χ1n) is 6.80. The van der Waals surface area contributed by atoms with Gasteiger partial charge in [0.05, 0.1) is 0 Å². The standard InChI is InChI=1S/C15H20N4O/c1-11(2)15(20)17-7-8-19-12(3)9-18-14(19)13-5-4-6-16-10-13/h4-6,9-11H,7-8H2,1-3H3,(H,17,20). The first-order valence-corrected chi connectivity index (χ1v) is 6.80. The Kier molecular flexibility index (Phi) is 4.50. The van der Waals surface area contributed by atoms with Gasteiger partial charge >= 0.3 is 0 Å².